The van der Waals surface area contributed by atoms with Gasteiger partial charge in [-0.25, -0.2) is 4.79 Å². The van der Waals surface area contributed by atoms with Crippen LogP contribution >= 0.6 is 0 Å². The Kier molecular flexibility index (Phi) is 4.49. The van der Waals surface area contributed by atoms with Gasteiger partial charge in [0.05, 0.1) is 17.7 Å². The molecule has 0 atom stereocenters. The average molecular weight is 314 g/mol. The predicted molar refractivity (Wildman–Crippen MR) is 89.8 cm³/mol. The van der Waals surface area contributed by atoms with Gasteiger partial charge >= 0.3 is 5.97 Å². The molecule has 1 heterocycles. The van der Waals surface area contributed by atoms with Crippen molar-refractivity contribution in [1.29, 1.82) is 0 Å². The SMILES string of the molecule is CCOC(=O)C1=C(C)Cc2c1c(C#CC(C)(C)N)cn(C)c2=O. The normalized spacial score (nSPS) is 13.5. The van der Waals surface area contributed by atoms with Crippen LogP contribution in [-0.4, -0.2) is 22.7 Å². The lowest BCUT2D eigenvalue weighted by atomic mass is 9.99. The Labute approximate surface area is 136 Å². The van der Waals surface area contributed by atoms with E-state index >= 15 is 0 Å². The second kappa shape index (κ2) is 6.05. The van der Waals surface area contributed by atoms with Crippen LogP contribution in [0, 0.1) is 11.8 Å². The van der Waals surface area contributed by atoms with Gasteiger partial charge in [0.2, 0.25) is 0 Å². The molecule has 1 aromatic heterocycles. The first-order valence-electron chi connectivity index (χ1n) is 7.57. The van der Waals surface area contributed by atoms with Crippen LogP contribution in [0.2, 0.25) is 0 Å². The molecule has 0 unspecified atom stereocenters. The number of hydrogen-bond acceptors (Lipinski definition) is 4. The number of rotatable bonds is 2. The zero-order valence-electron chi connectivity index (χ0n) is 14.2. The molecule has 5 heteroatoms. The topological polar surface area (TPSA) is 74.3 Å². The van der Waals surface area contributed by atoms with Crippen molar-refractivity contribution in [3.05, 3.63) is 38.8 Å². The number of hydrogen-bond donors (Lipinski definition) is 1. The highest BCUT2D eigenvalue weighted by Gasteiger charge is 2.30. The molecule has 0 amide bonds. The van der Waals surface area contributed by atoms with E-state index in [1.807, 2.05) is 6.92 Å². The molecule has 1 aliphatic carbocycles. The number of pyridine rings is 1. The van der Waals surface area contributed by atoms with Crippen LogP contribution in [0.5, 0.6) is 0 Å². The van der Waals surface area contributed by atoms with Gasteiger partial charge in [-0.1, -0.05) is 17.4 Å². The molecule has 0 aliphatic heterocycles. The summed E-state index contributed by atoms with van der Waals surface area (Å²) in [4.78, 5) is 24.7. The number of allylic oxidation sites excluding steroid dienone is 1. The van der Waals surface area contributed by atoms with Gasteiger partial charge in [-0.3, -0.25) is 4.79 Å². The molecule has 23 heavy (non-hydrogen) atoms. The third kappa shape index (κ3) is 3.38. The number of carbonyl (C=O) groups is 1. The van der Waals surface area contributed by atoms with E-state index in [1.54, 1.807) is 34.0 Å². The van der Waals surface area contributed by atoms with E-state index in [2.05, 4.69) is 11.8 Å². The Balaban J connectivity index is 2.70. The first-order valence-corrected chi connectivity index (χ1v) is 7.57. The summed E-state index contributed by atoms with van der Waals surface area (Å²) in [6.07, 6.45) is 2.09. The summed E-state index contributed by atoms with van der Waals surface area (Å²) in [5, 5.41) is 0. The Morgan fingerprint density at radius 2 is 2.13 bits per heavy atom. The van der Waals surface area contributed by atoms with E-state index in [-0.39, 0.29) is 12.2 Å². The molecule has 1 aromatic rings. The third-order valence-corrected chi connectivity index (χ3v) is 3.59. The smallest absolute Gasteiger partial charge is 0.338 e. The Bertz CT molecular complexity index is 812. The average Bonchev–Trinajstić information content (AvgIpc) is 2.78. The molecule has 0 aromatic carbocycles. The van der Waals surface area contributed by atoms with Gasteiger partial charge in [-0.05, 0) is 27.7 Å². The fraction of sp³-hybridized carbons (Fsp3) is 0.444. The van der Waals surface area contributed by atoms with Gasteiger partial charge in [0.25, 0.3) is 5.56 Å². The molecule has 5 nitrogen and oxygen atoms in total. The monoisotopic (exact) mass is 314 g/mol. The summed E-state index contributed by atoms with van der Waals surface area (Å²) >= 11 is 0. The van der Waals surface area contributed by atoms with Crippen LogP contribution in [0.15, 0.2) is 16.6 Å². The fourth-order valence-corrected chi connectivity index (χ4v) is 2.62. The van der Waals surface area contributed by atoms with Crippen molar-refractivity contribution in [3.8, 4) is 11.8 Å². The summed E-state index contributed by atoms with van der Waals surface area (Å²) in [6, 6.07) is 0. The largest absolute Gasteiger partial charge is 0.462 e. The van der Waals surface area contributed by atoms with Crippen molar-refractivity contribution in [1.82, 2.24) is 4.57 Å². The van der Waals surface area contributed by atoms with Gasteiger partial charge in [-0.2, -0.15) is 0 Å². The van der Waals surface area contributed by atoms with Crippen LogP contribution in [-0.2, 0) is 23.0 Å². The van der Waals surface area contributed by atoms with E-state index in [9.17, 15) is 9.59 Å². The first-order chi connectivity index (χ1) is 10.7. The van der Waals surface area contributed by atoms with Gasteiger partial charge in [0.1, 0.15) is 0 Å². The molecular weight excluding hydrogens is 292 g/mol. The number of nitrogens with zero attached hydrogens (tertiary/aromatic N) is 1. The standard InChI is InChI=1S/C18H22N2O3/c1-6-23-17(22)14-11(2)9-13-15(14)12(7-8-18(3,4)19)10-20(5)16(13)21/h10H,6,9,19H2,1-5H3. The van der Waals surface area contributed by atoms with Crippen LogP contribution in [0.1, 0.15) is 44.4 Å². The van der Waals surface area contributed by atoms with Crippen molar-refractivity contribution in [3.63, 3.8) is 0 Å². The molecule has 0 saturated heterocycles. The lowest BCUT2D eigenvalue weighted by molar-refractivity contribution is -0.136. The van der Waals surface area contributed by atoms with Crippen molar-refractivity contribution < 1.29 is 9.53 Å². The minimum atomic E-state index is -0.664. The van der Waals surface area contributed by atoms with Gasteiger partial charge in [-0.15, -0.1) is 0 Å². The summed E-state index contributed by atoms with van der Waals surface area (Å²) < 4.78 is 6.64. The first kappa shape index (κ1) is 17.0. The summed E-state index contributed by atoms with van der Waals surface area (Å²) in [6.45, 7) is 7.48. The van der Waals surface area contributed by atoms with Crippen LogP contribution in [0.3, 0.4) is 0 Å². The van der Waals surface area contributed by atoms with Crippen LogP contribution in [0.25, 0.3) is 5.57 Å². The summed E-state index contributed by atoms with van der Waals surface area (Å²) in [5.74, 6) is 5.57. The molecule has 0 bridgehead atoms. The molecule has 2 N–H and O–H groups in total. The van der Waals surface area contributed by atoms with Crippen LogP contribution < -0.4 is 11.3 Å². The maximum absolute atomic E-state index is 12.4. The maximum Gasteiger partial charge on any atom is 0.338 e. The highest BCUT2D eigenvalue weighted by Crippen LogP contribution is 2.34. The molecule has 0 spiro atoms. The van der Waals surface area contributed by atoms with E-state index in [0.717, 1.165) is 5.57 Å². The van der Waals surface area contributed by atoms with Crippen molar-refractivity contribution in [2.75, 3.05) is 6.61 Å². The Hall–Kier alpha value is -2.32. The molecular formula is C18H22N2O3. The van der Waals surface area contributed by atoms with E-state index in [1.165, 1.54) is 4.57 Å². The maximum atomic E-state index is 12.4. The number of nitrogens with two attached hydrogens (primary N) is 1. The lowest BCUT2D eigenvalue weighted by Crippen LogP contribution is -2.29. The van der Waals surface area contributed by atoms with E-state index in [0.29, 0.717) is 28.7 Å². The Morgan fingerprint density at radius 1 is 1.48 bits per heavy atom. The predicted octanol–water partition coefficient (Wildman–Crippen LogP) is 1.37. The third-order valence-electron chi connectivity index (χ3n) is 3.59. The Morgan fingerprint density at radius 3 is 2.70 bits per heavy atom. The molecule has 0 fully saturated rings. The highest BCUT2D eigenvalue weighted by atomic mass is 16.5. The quantitative estimate of drug-likeness (QED) is 0.661. The zero-order valence-corrected chi connectivity index (χ0v) is 14.2. The number of carbonyl (C=O) groups excluding carboxylic acids is 1. The van der Waals surface area contributed by atoms with Gasteiger partial charge in [0.15, 0.2) is 0 Å². The van der Waals surface area contributed by atoms with Crippen LogP contribution in [0.4, 0.5) is 0 Å². The second-order valence-electron chi connectivity index (χ2n) is 6.34. The van der Waals surface area contributed by atoms with Gasteiger partial charge in [0, 0.05) is 36.4 Å². The number of aryl methyl sites for hydroxylation is 1. The highest BCUT2D eigenvalue weighted by molar-refractivity contribution is 6.19. The summed E-state index contributed by atoms with van der Waals surface area (Å²) in [5.41, 5.74) is 8.25. The second-order valence-corrected chi connectivity index (χ2v) is 6.34. The molecule has 122 valence electrons. The van der Waals surface area contributed by atoms with Crippen molar-refractivity contribution in [2.45, 2.75) is 39.7 Å². The molecule has 2 rings (SSSR count). The number of aromatic nitrogens is 1. The van der Waals surface area contributed by atoms with Gasteiger partial charge < -0.3 is 15.0 Å². The summed E-state index contributed by atoms with van der Waals surface area (Å²) in [7, 11) is 1.68. The minimum Gasteiger partial charge on any atom is -0.462 e. The zero-order chi connectivity index (χ0) is 17.4. The van der Waals surface area contributed by atoms with Crippen molar-refractivity contribution >= 4 is 11.5 Å². The fourth-order valence-electron chi connectivity index (χ4n) is 2.62. The number of esters is 1. The minimum absolute atomic E-state index is 0.115. The number of fused-ring (bicyclic) bond motifs is 1. The number of ether oxygens (including phenoxy) is 1. The molecule has 0 saturated carbocycles. The van der Waals surface area contributed by atoms with E-state index in [4.69, 9.17) is 10.5 Å². The molecule has 0 radical (unpaired) electrons. The van der Waals surface area contributed by atoms with Crippen molar-refractivity contribution in [2.24, 2.45) is 12.8 Å². The lowest BCUT2D eigenvalue weighted by Gasteiger charge is -2.11. The molecule has 1 aliphatic rings. The van der Waals surface area contributed by atoms with E-state index < -0.39 is 11.5 Å².